The summed E-state index contributed by atoms with van der Waals surface area (Å²) in [6.07, 6.45) is 0.667. The zero-order valence-corrected chi connectivity index (χ0v) is 15.4. The van der Waals surface area contributed by atoms with Crippen molar-refractivity contribution in [3.8, 4) is 27.7 Å². The van der Waals surface area contributed by atoms with Gasteiger partial charge >= 0.3 is 0 Å². The lowest BCUT2D eigenvalue weighted by atomic mass is 10.1. The number of aromatic hydroxyl groups is 1. The van der Waals surface area contributed by atoms with E-state index in [0.29, 0.717) is 31.1 Å². The van der Waals surface area contributed by atoms with Crippen LogP contribution in [0.3, 0.4) is 0 Å². The van der Waals surface area contributed by atoms with Crippen LogP contribution in [-0.2, 0) is 6.42 Å². The van der Waals surface area contributed by atoms with Crippen molar-refractivity contribution in [2.24, 2.45) is 0 Å². The van der Waals surface area contributed by atoms with Gasteiger partial charge < -0.3 is 19.9 Å². The molecular weight excluding hydrogens is 362 g/mol. The second-order valence-corrected chi connectivity index (χ2v) is 7.28. The van der Waals surface area contributed by atoms with Crippen molar-refractivity contribution in [3.05, 3.63) is 65.0 Å². The van der Waals surface area contributed by atoms with E-state index in [0.717, 1.165) is 27.5 Å². The van der Waals surface area contributed by atoms with E-state index in [9.17, 15) is 9.90 Å². The number of carbonyl (C=O) groups is 1. The van der Waals surface area contributed by atoms with E-state index in [1.54, 1.807) is 18.2 Å². The highest BCUT2D eigenvalue weighted by Crippen LogP contribution is 2.36. The lowest BCUT2D eigenvalue weighted by Gasteiger charge is -2.18. The quantitative estimate of drug-likeness (QED) is 0.704. The predicted octanol–water partition coefficient (Wildman–Crippen LogP) is 3.86. The van der Waals surface area contributed by atoms with Crippen molar-refractivity contribution in [2.45, 2.75) is 6.42 Å². The number of ether oxygens (including phenoxy) is 2. The van der Waals surface area contributed by atoms with Gasteiger partial charge in [0.15, 0.2) is 11.5 Å². The molecule has 0 bridgehead atoms. The summed E-state index contributed by atoms with van der Waals surface area (Å²) < 4.78 is 11.2. The Morgan fingerprint density at radius 2 is 1.89 bits per heavy atom. The summed E-state index contributed by atoms with van der Waals surface area (Å²) in [5.74, 6) is 1.64. The largest absolute Gasteiger partial charge is 0.508 e. The SMILES string of the molecule is O=C(NCCc1cccc(O)c1)c1ccc(-c2ccc3c(c2)OCCO3)s1. The second-order valence-electron chi connectivity index (χ2n) is 6.20. The van der Waals surface area contributed by atoms with Crippen LogP contribution in [0.25, 0.3) is 10.4 Å². The van der Waals surface area contributed by atoms with Crippen LogP contribution < -0.4 is 14.8 Å². The Hall–Kier alpha value is -2.99. The van der Waals surface area contributed by atoms with E-state index in [1.807, 2.05) is 36.4 Å². The van der Waals surface area contributed by atoms with Crippen LogP contribution in [0.2, 0.25) is 0 Å². The van der Waals surface area contributed by atoms with Gasteiger partial charge in [-0.1, -0.05) is 12.1 Å². The molecule has 2 N–H and O–H groups in total. The van der Waals surface area contributed by atoms with E-state index in [2.05, 4.69) is 5.32 Å². The zero-order chi connectivity index (χ0) is 18.6. The van der Waals surface area contributed by atoms with Gasteiger partial charge in [-0.05, 0) is 60.0 Å². The Morgan fingerprint density at radius 3 is 2.74 bits per heavy atom. The highest BCUT2D eigenvalue weighted by atomic mass is 32.1. The first kappa shape index (κ1) is 17.4. The fraction of sp³-hybridized carbons (Fsp3) is 0.190. The lowest BCUT2D eigenvalue weighted by Crippen LogP contribution is -2.24. The van der Waals surface area contributed by atoms with Gasteiger partial charge in [0.1, 0.15) is 19.0 Å². The van der Waals surface area contributed by atoms with E-state index < -0.39 is 0 Å². The molecule has 1 aromatic heterocycles. The van der Waals surface area contributed by atoms with Crippen molar-refractivity contribution < 1.29 is 19.4 Å². The molecule has 0 saturated carbocycles. The van der Waals surface area contributed by atoms with Crippen molar-refractivity contribution in [3.63, 3.8) is 0 Å². The van der Waals surface area contributed by atoms with Crippen LogP contribution >= 0.6 is 11.3 Å². The minimum absolute atomic E-state index is 0.0936. The van der Waals surface area contributed by atoms with Gasteiger partial charge in [0, 0.05) is 11.4 Å². The number of hydrogen-bond acceptors (Lipinski definition) is 5. The van der Waals surface area contributed by atoms with Gasteiger partial charge in [0.05, 0.1) is 4.88 Å². The molecule has 3 aromatic rings. The summed E-state index contributed by atoms with van der Waals surface area (Å²) in [6.45, 7) is 1.63. The molecule has 0 fully saturated rings. The summed E-state index contributed by atoms with van der Waals surface area (Å²) in [6, 6.07) is 16.7. The fourth-order valence-electron chi connectivity index (χ4n) is 2.93. The third-order valence-corrected chi connectivity index (χ3v) is 5.40. The van der Waals surface area contributed by atoms with Gasteiger partial charge in [0.25, 0.3) is 5.91 Å². The van der Waals surface area contributed by atoms with Crippen LogP contribution in [0.1, 0.15) is 15.2 Å². The molecule has 0 atom stereocenters. The number of rotatable bonds is 5. The van der Waals surface area contributed by atoms with Crippen molar-refractivity contribution in [1.29, 1.82) is 0 Å². The fourth-order valence-corrected chi connectivity index (χ4v) is 3.85. The summed E-state index contributed by atoms with van der Waals surface area (Å²) in [7, 11) is 0. The molecule has 0 radical (unpaired) electrons. The third kappa shape index (κ3) is 4.06. The Kier molecular flexibility index (Phi) is 4.98. The first-order valence-corrected chi connectivity index (χ1v) is 9.57. The lowest BCUT2D eigenvalue weighted by molar-refractivity contribution is 0.0958. The molecular formula is C21H19NO4S. The summed E-state index contributed by atoms with van der Waals surface area (Å²) in [5, 5.41) is 12.4. The molecule has 2 aromatic carbocycles. The monoisotopic (exact) mass is 381 g/mol. The highest BCUT2D eigenvalue weighted by Gasteiger charge is 2.15. The number of phenols is 1. The first-order valence-electron chi connectivity index (χ1n) is 8.75. The minimum atomic E-state index is -0.0936. The normalized spacial score (nSPS) is 12.6. The van der Waals surface area contributed by atoms with Gasteiger partial charge in [-0.3, -0.25) is 4.79 Å². The van der Waals surface area contributed by atoms with Crippen molar-refractivity contribution in [1.82, 2.24) is 5.32 Å². The maximum Gasteiger partial charge on any atom is 0.261 e. The molecule has 2 heterocycles. The Labute approximate surface area is 161 Å². The number of carbonyl (C=O) groups excluding carboxylic acids is 1. The average Bonchev–Trinajstić information content (AvgIpc) is 3.18. The Balaban J connectivity index is 1.39. The van der Waals surface area contributed by atoms with Gasteiger partial charge in [-0.25, -0.2) is 0 Å². The smallest absolute Gasteiger partial charge is 0.261 e. The van der Waals surface area contributed by atoms with Gasteiger partial charge in [0.2, 0.25) is 0 Å². The predicted molar refractivity (Wildman–Crippen MR) is 105 cm³/mol. The highest BCUT2D eigenvalue weighted by molar-refractivity contribution is 7.17. The van der Waals surface area contributed by atoms with E-state index >= 15 is 0 Å². The molecule has 0 saturated heterocycles. The number of phenolic OH excluding ortho intramolecular Hbond substituents is 1. The van der Waals surface area contributed by atoms with Crippen LogP contribution in [-0.4, -0.2) is 30.8 Å². The molecule has 0 unspecified atom stereocenters. The molecule has 5 nitrogen and oxygen atoms in total. The number of amides is 1. The topological polar surface area (TPSA) is 67.8 Å². The van der Waals surface area contributed by atoms with E-state index in [-0.39, 0.29) is 11.7 Å². The van der Waals surface area contributed by atoms with Crippen LogP contribution in [0.4, 0.5) is 0 Å². The number of benzene rings is 2. The van der Waals surface area contributed by atoms with Gasteiger partial charge in [-0.15, -0.1) is 11.3 Å². The molecule has 138 valence electrons. The van der Waals surface area contributed by atoms with Crippen molar-refractivity contribution >= 4 is 17.2 Å². The zero-order valence-electron chi connectivity index (χ0n) is 14.6. The number of fused-ring (bicyclic) bond motifs is 1. The number of nitrogens with one attached hydrogen (secondary N) is 1. The van der Waals surface area contributed by atoms with Crippen LogP contribution in [0.5, 0.6) is 17.2 Å². The van der Waals surface area contributed by atoms with E-state index in [1.165, 1.54) is 11.3 Å². The summed E-state index contributed by atoms with van der Waals surface area (Å²) in [4.78, 5) is 14.1. The molecule has 1 aliphatic rings. The van der Waals surface area contributed by atoms with Crippen LogP contribution in [0.15, 0.2) is 54.6 Å². The Morgan fingerprint density at radius 1 is 1.04 bits per heavy atom. The molecule has 1 aliphatic heterocycles. The second kappa shape index (κ2) is 7.72. The third-order valence-electron chi connectivity index (χ3n) is 4.27. The average molecular weight is 381 g/mol. The number of thiophene rings is 1. The summed E-state index contributed by atoms with van der Waals surface area (Å²) >= 11 is 1.45. The molecule has 27 heavy (non-hydrogen) atoms. The molecule has 6 heteroatoms. The Bertz CT molecular complexity index is 966. The molecule has 0 spiro atoms. The van der Waals surface area contributed by atoms with Gasteiger partial charge in [-0.2, -0.15) is 0 Å². The maximum absolute atomic E-state index is 12.4. The molecule has 1 amide bonds. The van der Waals surface area contributed by atoms with E-state index in [4.69, 9.17) is 9.47 Å². The maximum atomic E-state index is 12.4. The van der Waals surface area contributed by atoms with Crippen molar-refractivity contribution in [2.75, 3.05) is 19.8 Å². The molecule has 0 aliphatic carbocycles. The minimum Gasteiger partial charge on any atom is -0.508 e. The first-order chi connectivity index (χ1) is 13.2. The number of hydrogen-bond donors (Lipinski definition) is 2. The molecule has 4 rings (SSSR count). The standard InChI is InChI=1S/C21H19NO4S/c23-16-3-1-2-14(12-16)8-9-22-21(24)20-7-6-19(27-20)15-4-5-17-18(13-15)26-11-10-25-17/h1-7,12-13,23H,8-11H2,(H,22,24). The summed E-state index contributed by atoms with van der Waals surface area (Å²) in [5.41, 5.74) is 1.99. The van der Waals surface area contributed by atoms with Crippen LogP contribution in [0, 0.1) is 0 Å².